The van der Waals surface area contributed by atoms with Crippen LogP contribution in [0.2, 0.25) is 0 Å². The number of hydrogen-bond acceptors (Lipinski definition) is 2. The number of carbonyl (C=O) groups excluding carboxylic acids is 1. The highest BCUT2D eigenvalue weighted by Crippen LogP contribution is 2.29. The molecule has 74 valence electrons. The fourth-order valence-electron chi connectivity index (χ4n) is 1.99. The molecule has 0 spiro atoms. The van der Waals surface area contributed by atoms with Crippen LogP contribution in [0.15, 0.2) is 18.2 Å². The van der Waals surface area contributed by atoms with E-state index in [1.165, 1.54) is 17.7 Å². The molecule has 0 saturated carbocycles. The predicted molar refractivity (Wildman–Crippen MR) is 58.0 cm³/mol. The lowest BCUT2D eigenvalue weighted by molar-refractivity contribution is 0.112. The number of fused-ring (bicyclic) bond motifs is 1. The van der Waals surface area contributed by atoms with E-state index in [1.807, 2.05) is 12.1 Å². The summed E-state index contributed by atoms with van der Waals surface area (Å²) in [7, 11) is 2.09. The molecule has 0 aliphatic carbocycles. The van der Waals surface area contributed by atoms with Gasteiger partial charge in [-0.05, 0) is 31.4 Å². The molecule has 1 heterocycles. The number of benzene rings is 1. The van der Waals surface area contributed by atoms with E-state index in [0.717, 1.165) is 18.3 Å². The van der Waals surface area contributed by atoms with Crippen molar-refractivity contribution in [1.82, 2.24) is 0 Å². The van der Waals surface area contributed by atoms with E-state index in [-0.39, 0.29) is 0 Å². The number of rotatable bonds is 1. The number of aryl methyl sites for hydroxylation is 1. The van der Waals surface area contributed by atoms with Crippen molar-refractivity contribution in [3.8, 4) is 0 Å². The minimum absolute atomic E-state index is 0.574. The van der Waals surface area contributed by atoms with Gasteiger partial charge in [-0.2, -0.15) is 0 Å². The molecular formula is C12H15NO. The Kier molecular flexibility index (Phi) is 2.28. The van der Waals surface area contributed by atoms with E-state index in [4.69, 9.17) is 0 Å². The van der Waals surface area contributed by atoms with E-state index in [1.54, 1.807) is 0 Å². The first kappa shape index (κ1) is 9.25. The third kappa shape index (κ3) is 1.41. The molecule has 0 aromatic heterocycles. The molecule has 0 N–H and O–H groups in total. The molecule has 1 unspecified atom stereocenters. The van der Waals surface area contributed by atoms with Gasteiger partial charge < -0.3 is 4.90 Å². The second-order valence-corrected chi connectivity index (χ2v) is 4.00. The maximum atomic E-state index is 10.7. The standard InChI is InChI=1S/C12H15NO/c1-9-3-5-11-6-4-10(8-14)7-12(11)13(9)2/h4,6-9H,3,5H2,1-2H3. The fraction of sp³-hybridized carbons (Fsp3) is 0.417. The number of nitrogens with zero attached hydrogens (tertiary/aromatic N) is 1. The summed E-state index contributed by atoms with van der Waals surface area (Å²) in [5, 5.41) is 0. The Balaban J connectivity index is 2.45. The van der Waals surface area contributed by atoms with Gasteiger partial charge in [0.1, 0.15) is 6.29 Å². The van der Waals surface area contributed by atoms with E-state index < -0.39 is 0 Å². The van der Waals surface area contributed by atoms with Gasteiger partial charge in [0.2, 0.25) is 0 Å². The van der Waals surface area contributed by atoms with Gasteiger partial charge in [0.25, 0.3) is 0 Å². The highest BCUT2D eigenvalue weighted by Gasteiger charge is 2.19. The zero-order valence-corrected chi connectivity index (χ0v) is 8.66. The van der Waals surface area contributed by atoms with E-state index in [9.17, 15) is 4.79 Å². The molecule has 0 radical (unpaired) electrons. The quantitative estimate of drug-likeness (QED) is 0.632. The van der Waals surface area contributed by atoms with Crippen LogP contribution in [0, 0.1) is 0 Å². The number of hydrogen-bond donors (Lipinski definition) is 0. The first-order chi connectivity index (χ1) is 6.72. The van der Waals surface area contributed by atoms with Crippen molar-refractivity contribution in [2.45, 2.75) is 25.8 Å². The molecule has 0 bridgehead atoms. The van der Waals surface area contributed by atoms with Gasteiger partial charge in [-0.25, -0.2) is 0 Å². The average Bonchev–Trinajstić information content (AvgIpc) is 2.23. The molecule has 2 nitrogen and oxygen atoms in total. The summed E-state index contributed by atoms with van der Waals surface area (Å²) in [6, 6.07) is 6.53. The van der Waals surface area contributed by atoms with Crippen molar-refractivity contribution < 1.29 is 4.79 Å². The predicted octanol–water partition coefficient (Wildman–Crippen LogP) is 2.27. The first-order valence-electron chi connectivity index (χ1n) is 5.03. The topological polar surface area (TPSA) is 20.3 Å². The van der Waals surface area contributed by atoms with Gasteiger partial charge in [0.05, 0.1) is 0 Å². The summed E-state index contributed by atoms with van der Waals surface area (Å²) in [6.07, 6.45) is 3.23. The molecular weight excluding hydrogens is 174 g/mol. The molecule has 2 heteroatoms. The Labute approximate surface area is 84.5 Å². The van der Waals surface area contributed by atoms with Crippen LogP contribution in [-0.2, 0) is 6.42 Å². The summed E-state index contributed by atoms with van der Waals surface area (Å²) in [5.41, 5.74) is 3.34. The van der Waals surface area contributed by atoms with Crippen molar-refractivity contribution in [3.63, 3.8) is 0 Å². The van der Waals surface area contributed by atoms with Crippen molar-refractivity contribution >= 4 is 12.0 Å². The lowest BCUT2D eigenvalue weighted by Crippen LogP contribution is -2.33. The van der Waals surface area contributed by atoms with Gasteiger partial charge >= 0.3 is 0 Å². The fourth-order valence-corrected chi connectivity index (χ4v) is 1.99. The van der Waals surface area contributed by atoms with Gasteiger partial charge in [-0.15, -0.1) is 0 Å². The van der Waals surface area contributed by atoms with Crippen LogP contribution in [-0.4, -0.2) is 19.4 Å². The zero-order valence-electron chi connectivity index (χ0n) is 8.66. The Morgan fingerprint density at radius 1 is 1.50 bits per heavy atom. The smallest absolute Gasteiger partial charge is 0.150 e. The lowest BCUT2D eigenvalue weighted by atomic mass is 9.96. The third-order valence-corrected chi connectivity index (χ3v) is 3.12. The van der Waals surface area contributed by atoms with Crippen molar-refractivity contribution in [1.29, 1.82) is 0 Å². The molecule has 1 aromatic rings. The van der Waals surface area contributed by atoms with Crippen molar-refractivity contribution in [2.24, 2.45) is 0 Å². The van der Waals surface area contributed by atoms with Crippen molar-refractivity contribution in [3.05, 3.63) is 29.3 Å². The van der Waals surface area contributed by atoms with Crippen LogP contribution in [0.5, 0.6) is 0 Å². The molecule has 0 fully saturated rings. The Morgan fingerprint density at radius 3 is 3.00 bits per heavy atom. The molecule has 1 aliphatic rings. The maximum Gasteiger partial charge on any atom is 0.150 e. The number of aldehydes is 1. The summed E-state index contributed by atoms with van der Waals surface area (Å²) in [5.74, 6) is 0. The monoisotopic (exact) mass is 189 g/mol. The SMILES string of the molecule is CC1CCc2ccc(C=O)cc2N1C. The second-order valence-electron chi connectivity index (χ2n) is 4.00. The zero-order chi connectivity index (χ0) is 10.1. The Bertz CT molecular complexity index is 359. The van der Waals surface area contributed by atoms with Crippen LogP contribution in [0.25, 0.3) is 0 Å². The molecule has 1 aliphatic heterocycles. The Morgan fingerprint density at radius 2 is 2.29 bits per heavy atom. The van der Waals surface area contributed by atoms with Crippen LogP contribution in [0.4, 0.5) is 5.69 Å². The van der Waals surface area contributed by atoms with Crippen molar-refractivity contribution in [2.75, 3.05) is 11.9 Å². The van der Waals surface area contributed by atoms with Gasteiger partial charge in [-0.1, -0.05) is 12.1 Å². The second kappa shape index (κ2) is 3.45. The Hall–Kier alpha value is -1.31. The normalized spacial score (nSPS) is 20.4. The van der Waals surface area contributed by atoms with Gasteiger partial charge in [-0.3, -0.25) is 4.79 Å². The largest absolute Gasteiger partial charge is 0.372 e. The summed E-state index contributed by atoms with van der Waals surface area (Å²) >= 11 is 0. The maximum absolute atomic E-state index is 10.7. The minimum Gasteiger partial charge on any atom is -0.372 e. The summed E-state index contributed by atoms with van der Waals surface area (Å²) < 4.78 is 0. The molecule has 14 heavy (non-hydrogen) atoms. The number of carbonyl (C=O) groups is 1. The molecule has 1 atom stereocenters. The van der Waals surface area contributed by atoms with Gasteiger partial charge in [0, 0.05) is 24.3 Å². The van der Waals surface area contributed by atoms with Crippen LogP contribution in [0.3, 0.4) is 0 Å². The molecule has 1 aromatic carbocycles. The van der Waals surface area contributed by atoms with Crippen LogP contribution in [0.1, 0.15) is 29.3 Å². The summed E-state index contributed by atoms with van der Waals surface area (Å²) in [6.45, 7) is 2.22. The van der Waals surface area contributed by atoms with E-state index in [0.29, 0.717) is 6.04 Å². The number of anilines is 1. The first-order valence-corrected chi connectivity index (χ1v) is 5.03. The summed E-state index contributed by atoms with van der Waals surface area (Å²) in [4.78, 5) is 12.9. The third-order valence-electron chi connectivity index (χ3n) is 3.12. The highest BCUT2D eigenvalue weighted by atomic mass is 16.1. The highest BCUT2D eigenvalue weighted by molar-refractivity contribution is 5.78. The average molecular weight is 189 g/mol. The lowest BCUT2D eigenvalue weighted by Gasteiger charge is -2.33. The van der Waals surface area contributed by atoms with Gasteiger partial charge in [0.15, 0.2) is 0 Å². The van der Waals surface area contributed by atoms with Crippen LogP contribution < -0.4 is 4.90 Å². The van der Waals surface area contributed by atoms with E-state index in [2.05, 4.69) is 24.9 Å². The molecule has 2 rings (SSSR count). The van der Waals surface area contributed by atoms with Crippen LogP contribution >= 0.6 is 0 Å². The molecule has 0 saturated heterocycles. The van der Waals surface area contributed by atoms with E-state index >= 15 is 0 Å². The molecule has 0 amide bonds. The minimum atomic E-state index is 0.574.